The van der Waals surface area contributed by atoms with Gasteiger partial charge in [0.05, 0.1) is 12.6 Å². The molecular weight excluding hydrogens is 270 g/mol. The molecule has 1 aliphatic heterocycles. The van der Waals surface area contributed by atoms with Crippen LogP contribution in [0.4, 0.5) is 5.69 Å². The number of carbonyl (C=O) groups is 2. The lowest BCUT2D eigenvalue weighted by molar-refractivity contribution is -0.117. The minimum absolute atomic E-state index is 0.104. The zero-order valence-electron chi connectivity index (χ0n) is 12.1. The van der Waals surface area contributed by atoms with Gasteiger partial charge in [-0.05, 0) is 50.1 Å². The summed E-state index contributed by atoms with van der Waals surface area (Å²) in [6.07, 6.45) is 0.581. The molecule has 1 aliphatic rings. The van der Waals surface area contributed by atoms with Crippen LogP contribution >= 0.6 is 0 Å². The van der Waals surface area contributed by atoms with Gasteiger partial charge in [0.15, 0.2) is 0 Å². The fourth-order valence-electron chi connectivity index (χ4n) is 2.52. The number of nitrogens with two attached hydrogens (primary N) is 1. The first-order chi connectivity index (χ1) is 9.95. The van der Waals surface area contributed by atoms with E-state index in [-0.39, 0.29) is 17.9 Å². The molecular formula is C15H21N3O3. The van der Waals surface area contributed by atoms with Crippen molar-refractivity contribution in [1.29, 1.82) is 0 Å². The van der Waals surface area contributed by atoms with E-state index in [9.17, 15) is 14.7 Å². The van der Waals surface area contributed by atoms with Gasteiger partial charge < -0.3 is 16.2 Å². The van der Waals surface area contributed by atoms with Gasteiger partial charge >= 0.3 is 0 Å². The molecule has 2 rings (SSSR count). The quantitative estimate of drug-likeness (QED) is 0.733. The minimum Gasteiger partial charge on any atom is -0.393 e. The molecule has 1 aromatic rings. The molecule has 0 saturated carbocycles. The number of nitrogens with zero attached hydrogens (tertiary/aromatic N) is 1. The molecule has 2 amide bonds. The fraction of sp³-hybridized carbons (Fsp3) is 0.467. The van der Waals surface area contributed by atoms with Crippen LogP contribution in [0, 0.1) is 5.92 Å². The summed E-state index contributed by atoms with van der Waals surface area (Å²) in [5, 5.41) is 12.3. The van der Waals surface area contributed by atoms with E-state index in [4.69, 9.17) is 5.73 Å². The minimum atomic E-state index is -0.492. The molecule has 0 aromatic heterocycles. The van der Waals surface area contributed by atoms with Crippen molar-refractivity contribution in [2.45, 2.75) is 19.4 Å². The van der Waals surface area contributed by atoms with E-state index in [0.29, 0.717) is 17.8 Å². The van der Waals surface area contributed by atoms with Crippen LogP contribution in [0.25, 0.3) is 0 Å². The Labute approximate surface area is 123 Å². The number of aliphatic hydroxyl groups excluding tert-OH is 1. The summed E-state index contributed by atoms with van der Waals surface area (Å²) in [5.74, 6) is -0.352. The molecule has 2 atom stereocenters. The first kappa shape index (κ1) is 15.5. The van der Waals surface area contributed by atoms with Crippen molar-refractivity contribution < 1.29 is 14.7 Å². The Morgan fingerprint density at radius 1 is 1.43 bits per heavy atom. The average molecular weight is 291 g/mol. The van der Waals surface area contributed by atoms with Gasteiger partial charge in [-0.2, -0.15) is 0 Å². The Morgan fingerprint density at radius 2 is 2.10 bits per heavy atom. The van der Waals surface area contributed by atoms with Gasteiger partial charge in [0, 0.05) is 17.8 Å². The number of benzene rings is 1. The van der Waals surface area contributed by atoms with Gasteiger partial charge in [-0.25, -0.2) is 0 Å². The molecule has 6 heteroatoms. The molecule has 21 heavy (non-hydrogen) atoms. The zero-order chi connectivity index (χ0) is 15.4. The number of hydrogen-bond donors (Lipinski definition) is 3. The maximum absolute atomic E-state index is 12.0. The smallest absolute Gasteiger partial charge is 0.248 e. The van der Waals surface area contributed by atoms with Crippen molar-refractivity contribution in [2.75, 3.05) is 25.0 Å². The monoisotopic (exact) mass is 291 g/mol. The second-order valence-electron chi connectivity index (χ2n) is 5.51. The summed E-state index contributed by atoms with van der Waals surface area (Å²) in [6, 6.07) is 6.47. The third-order valence-corrected chi connectivity index (χ3v) is 3.81. The summed E-state index contributed by atoms with van der Waals surface area (Å²) < 4.78 is 0. The fourth-order valence-corrected chi connectivity index (χ4v) is 2.52. The van der Waals surface area contributed by atoms with Crippen molar-refractivity contribution in [1.82, 2.24) is 4.90 Å². The molecule has 1 saturated heterocycles. The normalized spacial score (nSPS) is 20.2. The second-order valence-corrected chi connectivity index (χ2v) is 5.51. The molecule has 0 spiro atoms. The molecule has 114 valence electrons. The standard InChI is InChI=1S/C15H21N3O3/c1-10(19)12-6-7-18(8-12)9-14(20)17-13-4-2-11(3-5-13)15(16)21/h2-5,10,12,19H,6-9H2,1H3,(H2,16,21)(H,17,20). The summed E-state index contributed by atoms with van der Waals surface area (Å²) in [6.45, 7) is 3.66. The first-order valence-electron chi connectivity index (χ1n) is 7.06. The van der Waals surface area contributed by atoms with Gasteiger partial charge in [0.2, 0.25) is 11.8 Å². The van der Waals surface area contributed by atoms with Crippen molar-refractivity contribution in [3.05, 3.63) is 29.8 Å². The summed E-state index contributed by atoms with van der Waals surface area (Å²) >= 11 is 0. The van der Waals surface area contributed by atoms with Crippen LogP contribution in [0.5, 0.6) is 0 Å². The van der Waals surface area contributed by atoms with Crippen molar-refractivity contribution >= 4 is 17.5 Å². The van der Waals surface area contributed by atoms with Crippen molar-refractivity contribution in [3.8, 4) is 0 Å². The molecule has 1 heterocycles. The molecule has 0 aliphatic carbocycles. The van der Waals surface area contributed by atoms with Gasteiger partial charge in [-0.15, -0.1) is 0 Å². The molecule has 2 unspecified atom stereocenters. The summed E-state index contributed by atoms with van der Waals surface area (Å²) in [4.78, 5) is 24.9. The van der Waals surface area contributed by atoms with Crippen molar-refractivity contribution in [2.24, 2.45) is 11.7 Å². The molecule has 4 N–H and O–H groups in total. The highest BCUT2D eigenvalue weighted by Gasteiger charge is 2.26. The number of amides is 2. The lowest BCUT2D eigenvalue weighted by atomic mass is 10.0. The zero-order valence-corrected chi connectivity index (χ0v) is 12.1. The van der Waals surface area contributed by atoms with E-state index in [2.05, 4.69) is 5.32 Å². The van der Waals surface area contributed by atoms with Crippen LogP contribution in [0.15, 0.2) is 24.3 Å². The lowest BCUT2D eigenvalue weighted by Gasteiger charge is -2.17. The predicted molar refractivity (Wildman–Crippen MR) is 79.8 cm³/mol. The number of anilines is 1. The maximum Gasteiger partial charge on any atom is 0.248 e. The highest BCUT2D eigenvalue weighted by atomic mass is 16.3. The number of likely N-dealkylation sites (tertiary alicyclic amines) is 1. The van der Waals surface area contributed by atoms with E-state index in [1.54, 1.807) is 31.2 Å². The highest BCUT2D eigenvalue weighted by Crippen LogP contribution is 2.19. The molecule has 0 radical (unpaired) electrons. The number of aliphatic hydroxyl groups is 1. The molecule has 1 aromatic carbocycles. The second kappa shape index (κ2) is 6.69. The Kier molecular flexibility index (Phi) is 4.93. The van der Waals surface area contributed by atoms with Crippen LogP contribution in [-0.4, -0.2) is 47.6 Å². The Bertz CT molecular complexity index is 513. The average Bonchev–Trinajstić information content (AvgIpc) is 2.87. The van der Waals surface area contributed by atoms with Gasteiger partial charge in [-0.3, -0.25) is 14.5 Å². The Morgan fingerprint density at radius 3 is 2.62 bits per heavy atom. The summed E-state index contributed by atoms with van der Waals surface area (Å²) in [5.41, 5.74) is 6.20. The van der Waals surface area contributed by atoms with Crippen molar-refractivity contribution in [3.63, 3.8) is 0 Å². The summed E-state index contributed by atoms with van der Waals surface area (Å²) in [7, 11) is 0. The Balaban J connectivity index is 1.83. The Hall–Kier alpha value is -1.92. The van der Waals surface area contributed by atoms with E-state index in [1.807, 2.05) is 4.90 Å². The third kappa shape index (κ3) is 4.27. The van der Waals surface area contributed by atoms with E-state index in [0.717, 1.165) is 19.5 Å². The van der Waals surface area contributed by atoms with E-state index < -0.39 is 5.91 Å². The van der Waals surface area contributed by atoms with Crippen LogP contribution in [-0.2, 0) is 4.79 Å². The SMILES string of the molecule is CC(O)C1CCN(CC(=O)Nc2ccc(C(N)=O)cc2)C1. The van der Waals surface area contributed by atoms with E-state index in [1.165, 1.54) is 0 Å². The topological polar surface area (TPSA) is 95.7 Å². The molecule has 0 bridgehead atoms. The largest absolute Gasteiger partial charge is 0.393 e. The van der Waals surface area contributed by atoms with Crippen LogP contribution in [0.1, 0.15) is 23.7 Å². The number of primary amides is 1. The lowest BCUT2D eigenvalue weighted by Crippen LogP contribution is -2.32. The van der Waals surface area contributed by atoms with Gasteiger partial charge in [0.1, 0.15) is 0 Å². The molecule has 6 nitrogen and oxygen atoms in total. The number of hydrogen-bond acceptors (Lipinski definition) is 4. The highest BCUT2D eigenvalue weighted by molar-refractivity contribution is 5.95. The van der Waals surface area contributed by atoms with Crippen LogP contribution in [0.3, 0.4) is 0 Å². The van der Waals surface area contributed by atoms with Crippen LogP contribution < -0.4 is 11.1 Å². The van der Waals surface area contributed by atoms with E-state index >= 15 is 0 Å². The van der Waals surface area contributed by atoms with Crippen LogP contribution in [0.2, 0.25) is 0 Å². The third-order valence-electron chi connectivity index (χ3n) is 3.81. The number of carbonyl (C=O) groups excluding carboxylic acids is 2. The number of nitrogens with one attached hydrogen (secondary N) is 1. The van der Waals surface area contributed by atoms with Gasteiger partial charge in [-0.1, -0.05) is 0 Å². The maximum atomic E-state index is 12.0. The molecule has 1 fully saturated rings. The number of rotatable bonds is 5. The van der Waals surface area contributed by atoms with Gasteiger partial charge in [0.25, 0.3) is 0 Å². The predicted octanol–water partition coefficient (Wildman–Crippen LogP) is 0.427. The first-order valence-corrected chi connectivity index (χ1v) is 7.06.